The van der Waals surface area contributed by atoms with E-state index in [-0.39, 0.29) is 5.03 Å². The summed E-state index contributed by atoms with van der Waals surface area (Å²) in [4.78, 5) is 3.94. The molecule has 0 amide bonds. The molecule has 0 aliphatic carbocycles. The number of pyridine rings is 1. The first-order valence-electron chi connectivity index (χ1n) is 4.80. The van der Waals surface area contributed by atoms with Gasteiger partial charge in [-0.3, -0.25) is 0 Å². The predicted octanol–water partition coefficient (Wildman–Crippen LogP) is 1.58. The van der Waals surface area contributed by atoms with Crippen LogP contribution in [-0.2, 0) is 10.0 Å². The summed E-state index contributed by atoms with van der Waals surface area (Å²) in [5.41, 5.74) is 0. The fraction of sp³-hybridized carbons (Fsp3) is 0.444. The van der Waals surface area contributed by atoms with Crippen LogP contribution in [0.15, 0.2) is 27.8 Å². The zero-order valence-electron chi connectivity index (χ0n) is 8.47. The maximum absolute atomic E-state index is 12.1. The number of nitrogens with zero attached hydrogens (tertiary/aromatic N) is 2. The Morgan fingerprint density at radius 3 is 2.56 bits per heavy atom. The van der Waals surface area contributed by atoms with Crippen LogP contribution in [0.25, 0.3) is 0 Å². The molecular weight excluding hydrogens is 312 g/mol. The van der Waals surface area contributed by atoms with Gasteiger partial charge in [0.25, 0.3) is 10.0 Å². The standard InChI is InChI=1S/C9H11BrN2O2S2/c10-8-1-2-9(11-7-8)16(13,14)12-3-5-15-6-4-12/h1-2,7H,3-6H2. The van der Waals surface area contributed by atoms with Gasteiger partial charge in [0, 0.05) is 35.3 Å². The van der Waals surface area contributed by atoms with Gasteiger partial charge in [-0.2, -0.15) is 16.1 Å². The molecule has 1 aliphatic rings. The minimum absolute atomic E-state index is 0.127. The molecule has 1 saturated heterocycles. The average molecular weight is 323 g/mol. The van der Waals surface area contributed by atoms with Crippen molar-refractivity contribution in [2.24, 2.45) is 0 Å². The van der Waals surface area contributed by atoms with Gasteiger partial charge in [0.1, 0.15) is 0 Å². The van der Waals surface area contributed by atoms with Crippen molar-refractivity contribution in [2.75, 3.05) is 24.6 Å². The maximum Gasteiger partial charge on any atom is 0.260 e. The van der Waals surface area contributed by atoms with Crippen molar-refractivity contribution in [3.8, 4) is 0 Å². The number of sulfonamides is 1. The van der Waals surface area contributed by atoms with Gasteiger partial charge in [-0.25, -0.2) is 13.4 Å². The van der Waals surface area contributed by atoms with Gasteiger partial charge < -0.3 is 0 Å². The zero-order chi connectivity index (χ0) is 11.6. The van der Waals surface area contributed by atoms with Crippen molar-refractivity contribution >= 4 is 37.7 Å². The summed E-state index contributed by atoms with van der Waals surface area (Å²) in [7, 11) is -3.39. The quantitative estimate of drug-likeness (QED) is 0.829. The summed E-state index contributed by atoms with van der Waals surface area (Å²) >= 11 is 5.01. The van der Waals surface area contributed by atoms with Crippen molar-refractivity contribution in [2.45, 2.75) is 5.03 Å². The molecular formula is C9H11BrN2O2S2. The molecule has 0 atom stereocenters. The second-order valence-electron chi connectivity index (χ2n) is 3.33. The number of rotatable bonds is 2. The third-order valence-corrected chi connectivity index (χ3v) is 5.50. The zero-order valence-corrected chi connectivity index (χ0v) is 11.7. The van der Waals surface area contributed by atoms with E-state index in [1.54, 1.807) is 17.8 Å². The van der Waals surface area contributed by atoms with Crippen LogP contribution in [0.1, 0.15) is 0 Å². The van der Waals surface area contributed by atoms with E-state index in [4.69, 9.17) is 0 Å². The molecule has 0 bridgehead atoms. The lowest BCUT2D eigenvalue weighted by Gasteiger charge is -2.24. The van der Waals surface area contributed by atoms with Crippen LogP contribution in [-0.4, -0.2) is 42.3 Å². The molecule has 2 heterocycles. The van der Waals surface area contributed by atoms with Crippen LogP contribution in [0.5, 0.6) is 0 Å². The molecule has 1 aromatic rings. The number of hydrogen-bond donors (Lipinski definition) is 0. The molecule has 16 heavy (non-hydrogen) atoms. The fourth-order valence-electron chi connectivity index (χ4n) is 1.43. The van der Waals surface area contributed by atoms with Crippen molar-refractivity contribution in [3.63, 3.8) is 0 Å². The Balaban J connectivity index is 2.27. The first kappa shape index (κ1) is 12.3. The van der Waals surface area contributed by atoms with Crippen LogP contribution in [0.4, 0.5) is 0 Å². The maximum atomic E-state index is 12.1. The lowest BCUT2D eigenvalue weighted by Crippen LogP contribution is -2.38. The molecule has 0 N–H and O–H groups in total. The summed E-state index contributed by atoms with van der Waals surface area (Å²) in [6.07, 6.45) is 1.51. The monoisotopic (exact) mass is 322 g/mol. The first-order valence-corrected chi connectivity index (χ1v) is 8.19. The summed E-state index contributed by atoms with van der Waals surface area (Å²) < 4.78 is 26.6. The minimum atomic E-state index is -3.39. The van der Waals surface area contributed by atoms with Gasteiger partial charge in [-0.1, -0.05) is 0 Å². The Kier molecular flexibility index (Phi) is 3.89. The Bertz CT molecular complexity index is 455. The Hall–Kier alpha value is -0.110. The fourth-order valence-corrected chi connectivity index (χ4v) is 4.16. The van der Waals surface area contributed by atoms with Crippen molar-refractivity contribution in [3.05, 3.63) is 22.8 Å². The molecule has 0 saturated carbocycles. The van der Waals surface area contributed by atoms with Crippen LogP contribution in [0.3, 0.4) is 0 Å². The normalized spacial score (nSPS) is 18.6. The predicted molar refractivity (Wildman–Crippen MR) is 68.0 cm³/mol. The number of thioether (sulfide) groups is 1. The third-order valence-electron chi connectivity index (χ3n) is 2.27. The average Bonchev–Trinajstić information content (AvgIpc) is 2.31. The Labute approximate surface area is 108 Å². The Morgan fingerprint density at radius 2 is 2.00 bits per heavy atom. The van der Waals surface area contributed by atoms with E-state index in [2.05, 4.69) is 20.9 Å². The van der Waals surface area contributed by atoms with E-state index in [9.17, 15) is 8.42 Å². The Morgan fingerprint density at radius 1 is 1.31 bits per heavy atom. The lowest BCUT2D eigenvalue weighted by atomic mass is 10.5. The molecule has 0 radical (unpaired) electrons. The summed E-state index contributed by atoms with van der Waals surface area (Å²) in [5, 5.41) is 0.127. The van der Waals surface area contributed by atoms with Crippen LogP contribution in [0, 0.1) is 0 Å². The van der Waals surface area contributed by atoms with E-state index in [0.29, 0.717) is 13.1 Å². The van der Waals surface area contributed by atoms with Gasteiger partial charge in [-0.05, 0) is 28.1 Å². The number of aromatic nitrogens is 1. The van der Waals surface area contributed by atoms with Crippen LogP contribution >= 0.6 is 27.7 Å². The second-order valence-corrected chi connectivity index (χ2v) is 7.36. The van der Waals surface area contributed by atoms with Crippen molar-refractivity contribution in [1.82, 2.24) is 9.29 Å². The molecule has 1 aliphatic heterocycles. The van der Waals surface area contributed by atoms with E-state index in [0.717, 1.165) is 16.0 Å². The molecule has 1 aromatic heterocycles. The molecule has 7 heteroatoms. The van der Waals surface area contributed by atoms with Gasteiger partial charge in [-0.15, -0.1) is 0 Å². The summed E-state index contributed by atoms with van der Waals surface area (Å²) in [6, 6.07) is 3.22. The second kappa shape index (κ2) is 5.03. The molecule has 4 nitrogen and oxygen atoms in total. The van der Waals surface area contributed by atoms with Crippen LogP contribution < -0.4 is 0 Å². The van der Waals surface area contributed by atoms with Crippen molar-refractivity contribution < 1.29 is 8.42 Å². The van der Waals surface area contributed by atoms with Gasteiger partial charge in [0.05, 0.1) is 0 Å². The molecule has 0 aromatic carbocycles. The highest BCUT2D eigenvalue weighted by Gasteiger charge is 2.26. The smallest absolute Gasteiger partial charge is 0.242 e. The van der Waals surface area contributed by atoms with E-state index in [1.807, 2.05) is 0 Å². The largest absolute Gasteiger partial charge is 0.260 e. The summed E-state index contributed by atoms with van der Waals surface area (Å²) in [5.74, 6) is 1.71. The molecule has 1 fully saturated rings. The highest BCUT2D eigenvalue weighted by atomic mass is 79.9. The van der Waals surface area contributed by atoms with Gasteiger partial charge >= 0.3 is 0 Å². The highest BCUT2D eigenvalue weighted by molar-refractivity contribution is 9.10. The van der Waals surface area contributed by atoms with E-state index in [1.165, 1.54) is 16.6 Å². The lowest BCUT2D eigenvalue weighted by molar-refractivity contribution is 0.441. The number of halogens is 1. The van der Waals surface area contributed by atoms with Crippen molar-refractivity contribution in [1.29, 1.82) is 0 Å². The molecule has 0 spiro atoms. The van der Waals surface area contributed by atoms with E-state index < -0.39 is 10.0 Å². The van der Waals surface area contributed by atoms with Gasteiger partial charge in [0.15, 0.2) is 5.03 Å². The molecule has 2 rings (SSSR count). The van der Waals surface area contributed by atoms with Gasteiger partial charge in [0.2, 0.25) is 0 Å². The third kappa shape index (κ3) is 2.58. The topological polar surface area (TPSA) is 50.3 Å². The summed E-state index contributed by atoms with van der Waals surface area (Å²) in [6.45, 7) is 1.15. The van der Waals surface area contributed by atoms with E-state index >= 15 is 0 Å². The minimum Gasteiger partial charge on any atom is -0.242 e. The SMILES string of the molecule is O=S(=O)(c1ccc(Br)cn1)N1CCSCC1. The van der Waals surface area contributed by atoms with Crippen LogP contribution in [0.2, 0.25) is 0 Å². The first-order chi connectivity index (χ1) is 7.60. The molecule has 0 unspecified atom stereocenters. The highest BCUT2D eigenvalue weighted by Crippen LogP contribution is 2.19. The molecule has 88 valence electrons. The number of hydrogen-bond acceptors (Lipinski definition) is 4.